The van der Waals surface area contributed by atoms with Crippen molar-refractivity contribution in [3.63, 3.8) is 0 Å². The van der Waals surface area contributed by atoms with Crippen molar-refractivity contribution in [2.45, 2.75) is 6.54 Å². The van der Waals surface area contributed by atoms with E-state index in [1.54, 1.807) is 47.5 Å². The molecule has 2 rings (SSSR count). The lowest BCUT2D eigenvalue weighted by Gasteiger charge is -2.17. The predicted molar refractivity (Wildman–Crippen MR) is 83.7 cm³/mol. The van der Waals surface area contributed by atoms with E-state index in [0.29, 0.717) is 17.8 Å². The molecular formula is C14H12BrN3OS. The molecule has 4 nitrogen and oxygen atoms in total. The second kappa shape index (κ2) is 6.55. The van der Waals surface area contributed by atoms with Crippen molar-refractivity contribution in [1.29, 1.82) is 5.26 Å². The molecule has 1 aromatic carbocycles. The van der Waals surface area contributed by atoms with Gasteiger partial charge in [0.15, 0.2) is 0 Å². The third-order valence-corrected chi connectivity index (χ3v) is 4.31. The molecule has 0 aliphatic rings. The SMILES string of the molecule is CN(Cc1cc(Br)cs1)C(=O)Nc1ccc(C#N)cc1. The number of amides is 2. The van der Waals surface area contributed by atoms with Crippen LogP contribution in [-0.2, 0) is 6.54 Å². The van der Waals surface area contributed by atoms with E-state index in [0.717, 1.165) is 9.35 Å². The Labute approximate surface area is 129 Å². The van der Waals surface area contributed by atoms with Crippen LogP contribution in [0.25, 0.3) is 0 Å². The van der Waals surface area contributed by atoms with Gasteiger partial charge in [-0.3, -0.25) is 0 Å². The largest absolute Gasteiger partial charge is 0.322 e. The first-order valence-corrected chi connectivity index (χ1v) is 7.51. The molecule has 0 unspecified atom stereocenters. The standard InChI is InChI=1S/C14H12BrN3OS/c1-18(8-13-6-11(15)9-20-13)14(19)17-12-4-2-10(7-16)3-5-12/h2-6,9H,8H2,1H3,(H,17,19). The summed E-state index contributed by atoms with van der Waals surface area (Å²) in [4.78, 5) is 14.7. The Morgan fingerprint density at radius 1 is 1.45 bits per heavy atom. The average Bonchev–Trinajstić information content (AvgIpc) is 2.85. The van der Waals surface area contributed by atoms with Crippen molar-refractivity contribution in [2.24, 2.45) is 0 Å². The summed E-state index contributed by atoms with van der Waals surface area (Å²) >= 11 is 4.99. The lowest BCUT2D eigenvalue weighted by Crippen LogP contribution is -2.30. The minimum Gasteiger partial charge on any atom is -0.322 e. The monoisotopic (exact) mass is 349 g/mol. The molecule has 0 radical (unpaired) electrons. The van der Waals surface area contributed by atoms with E-state index in [4.69, 9.17) is 5.26 Å². The summed E-state index contributed by atoms with van der Waals surface area (Å²) in [6.45, 7) is 0.554. The first-order chi connectivity index (χ1) is 9.58. The molecule has 0 aliphatic heterocycles. The average molecular weight is 350 g/mol. The molecule has 0 saturated carbocycles. The molecular weight excluding hydrogens is 338 g/mol. The zero-order valence-corrected chi connectivity index (χ0v) is 13.2. The smallest absolute Gasteiger partial charge is 0.321 e. The van der Waals surface area contributed by atoms with E-state index in [1.165, 1.54) is 0 Å². The van der Waals surface area contributed by atoms with Gasteiger partial charge in [0.05, 0.1) is 18.2 Å². The van der Waals surface area contributed by atoms with Crippen molar-refractivity contribution in [3.8, 4) is 6.07 Å². The highest BCUT2D eigenvalue weighted by molar-refractivity contribution is 9.10. The number of carbonyl (C=O) groups excluding carboxylic acids is 1. The molecule has 1 N–H and O–H groups in total. The van der Waals surface area contributed by atoms with Crippen molar-refractivity contribution >= 4 is 39.0 Å². The zero-order valence-electron chi connectivity index (χ0n) is 10.8. The third kappa shape index (κ3) is 3.83. The summed E-state index contributed by atoms with van der Waals surface area (Å²) in [5, 5.41) is 13.5. The van der Waals surface area contributed by atoms with Gasteiger partial charge in [-0.25, -0.2) is 4.79 Å². The van der Waals surface area contributed by atoms with Gasteiger partial charge in [-0.1, -0.05) is 0 Å². The molecule has 0 atom stereocenters. The maximum atomic E-state index is 12.0. The van der Waals surface area contributed by atoms with Crippen LogP contribution >= 0.6 is 27.3 Å². The van der Waals surface area contributed by atoms with Crippen LogP contribution in [0.4, 0.5) is 10.5 Å². The predicted octanol–water partition coefficient (Wildman–Crippen LogP) is 4.05. The van der Waals surface area contributed by atoms with Gasteiger partial charge >= 0.3 is 6.03 Å². The summed E-state index contributed by atoms with van der Waals surface area (Å²) in [5.74, 6) is 0. The molecule has 2 aromatic rings. The Morgan fingerprint density at radius 3 is 2.70 bits per heavy atom. The van der Waals surface area contributed by atoms with Gasteiger partial charge in [-0.05, 0) is 46.3 Å². The Balaban J connectivity index is 1.95. The van der Waals surface area contributed by atoms with Crippen molar-refractivity contribution in [2.75, 3.05) is 12.4 Å². The number of carbonyl (C=O) groups is 1. The maximum absolute atomic E-state index is 12.0. The van der Waals surface area contributed by atoms with Crippen LogP contribution < -0.4 is 5.32 Å². The van der Waals surface area contributed by atoms with Gasteiger partial charge in [0.25, 0.3) is 0 Å². The molecule has 2 amide bonds. The molecule has 6 heteroatoms. The van der Waals surface area contributed by atoms with Crippen molar-refractivity contribution in [1.82, 2.24) is 4.90 Å². The van der Waals surface area contributed by atoms with Crippen LogP contribution in [0.15, 0.2) is 40.2 Å². The maximum Gasteiger partial charge on any atom is 0.321 e. The van der Waals surface area contributed by atoms with Gasteiger partial charge in [-0.15, -0.1) is 11.3 Å². The molecule has 20 heavy (non-hydrogen) atoms. The van der Waals surface area contributed by atoms with Gasteiger partial charge < -0.3 is 10.2 Å². The van der Waals surface area contributed by atoms with Crippen LogP contribution in [0.5, 0.6) is 0 Å². The zero-order chi connectivity index (χ0) is 14.5. The van der Waals surface area contributed by atoms with Crippen LogP contribution in [0, 0.1) is 11.3 Å². The second-order valence-corrected chi connectivity index (χ2v) is 6.12. The number of anilines is 1. The fourth-order valence-electron chi connectivity index (χ4n) is 1.59. The molecule has 0 bridgehead atoms. The molecule has 0 spiro atoms. The number of nitriles is 1. The number of nitrogens with one attached hydrogen (secondary N) is 1. The van der Waals surface area contributed by atoms with Crippen LogP contribution in [0.3, 0.4) is 0 Å². The van der Waals surface area contributed by atoms with E-state index < -0.39 is 0 Å². The summed E-state index contributed by atoms with van der Waals surface area (Å²) < 4.78 is 1.03. The number of rotatable bonds is 3. The molecule has 1 heterocycles. The van der Waals surface area contributed by atoms with Crippen LogP contribution in [0.2, 0.25) is 0 Å². The van der Waals surface area contributed by atoms with Crippen LogP contribution in [0.1, 0.15) is 10.4 Å². The van der Waals surface area contributed by atoms with E-state index in [2.05, 4.69) is 21.2 Å². The highest BCUT2D eigenvalue weighted by Gasteiger charge is 2.10. The topological polar surface area (TPSA) is 56.1 Å². The number of benzene rings is 1. The number of urea groups is 1. The van der Waals surface area contributed by atoms with E-state index in [9.17, 15) is 4.79 Å². The summed E-state index contributed by atoms with van der Waals surface area (Å²) in [5.41, 5.74) is 1.24. The normalized spacial score (nSPS) is 9.85. The number of hydrogen-bond acceptors (Lipinski definition) is 3. The Bertz CT molecular complexity index is 645. The number of thiophene rings is 1. The Kier molecular flexibility index (Phi) is 4.77. The Morgan fingerprint density at radius 2 is 2.15 bits per heavy atom. The van der Waals surface area contributed by atoms with Gasteiger partial charge in [-0.2, -0.15) is 5.26 Å². The fourth-order valence-corrected chi connectivity index (χ4v) is 3.09. The molecule has 1 aromatic heterocycles. The van der Waals surface area contributed by atoms with E-state index in [-0.39, 0.29) is 6.03 Å². The van der Waals surface area contributed by atoms with Gasteiger partial charge in [0.2, 0.25) is 0 Å². The van der Waals surface area contributed by atoms with Crippen molar-refractivity contribution < 1.29 is 4.79 Å². The van der Waals surface area contributed by atoms with Gasteiger partial charge in [0, 0.05) is 27.5 Å². The minimum atomic E-state index is -0.181. The first kappa shape index (κ1) is 14.6. The summed E-state index contributed by atoms with van der Waals surface area (Å²) in [6.07, 6.45) is 0. The van der Waals surface area contributed by atoms with Gasteiger partial charge in [0.1, 0.15) is 0 Å². The summed E-state index contributed by atoms with van der Waals surface area (Å²) in [6, 6.07) is 10.6. The van der Waals surface area contributed by atoms with E-state index >= 15 is 0 Å². The van der Waals surface area contributed by atoms with Crippen molar-refractivity contribution in [3.05, 3.63) is 50.6 Å². The number of nitrogens with zero attached hydrogens (tertiary/aromatic N) is 2. The molecule has 0 saturated heterocycles. The lowest BCUT2D eigenvalue weighted by molar-refractivity contribution is 0.221. The summed E-state index contributed by atoms with van der Waals surface area (Å²) in [7, 11) is 1.74. The highest BCUT2D eigenvalue weighted by atomic mass is 79.9. The Hall–Kier alpha value is -1.84. The fraction of sp³-hybridized carbons (Fsp3) is 0.143. The van der Waals surface area contributed by atoms with Crippen LogP contribution in [-0.4, -0.2) is 18.0 Å². The molecule has 0 fully saturated rings. The lowest BCUT2D eigenvalue weighted by atomic mass is 10.2. The number of hydrogen-bond donors (Lipinski definition) is 1. The van der Waals surface area contributed by atoms with E-state index in [1.807, 2.05) is 17.5 Å². The minimum absolute atomic E-state index is 0.181. The molecule has 102 valence electrons. The second-order valence-electron chi connectivity index (χ2n) is 4.21. The first-order valence-electron chi connectivity index (χ1n) is 5.83. The molecule has 0 aliphatic carbocycles. The third-order valence-electron chi connectivity index (χ3n) is 2.63. The number of halogens is 1. The quantitative estimate of drug-likeness (QED) is 0.908. The highest BCUT2D eigenvalue weighted by Crippen LogP contribution is 2.21.